The van der Waals surface area contributed by atoms with E-state index in [0.29, 0.717) is 18.4 Å². The highest BCUT2D eigenvalue weighted by Gasteiger charge is 2.48. The number of nitrogens with zero attached hydrogens (tertiary/aromatic N) is 2. The van der Waals surface area contributed by atoms with Gasteiger partial charge in [0.15, 0.2) is 0 Å². The van der Waals surface area contributed by atoms with E-state index < -0.39 is 9.84 Å². The Kier molecular flexibility index (Phi) is 8.07. The molecule has 6 atom stereocenters. The van der Waals surface area contributed by atoms with Crippen LogP contribution in [0.3, 0.4) is 0 Å². The molecule has 0 aromatic heterocycles. The van der Waals surface area contributed by atoms with Crippen molar-refractivity contribution in [2.24, 2.45) is 11.8 Å². The number of hydrogen-bond acceptors (Lipinski definition) is 5. The first kappa shape index (κ1) is 26.1. The third kappa shape index (κ3) is 5.53. The van der Waals surface area contributed by atoms with E-state index in [2.05, 4.69) is 0 Å². The van der Waals surface area contributed by atoms with Crippen molar-refractivity contribution in [3.05, 3.63) is 0 Å². The molecule has 1 saturated heterocycles. The number of halogens is 1. The smallest absolute Gasteiger partial charge is 0.410 e. The largest absolute Gasteiger partial charge is 0.445 e. The molecule has 0 spiro atoms. The predicted molar refractivity (Wildman–Crippen MR) is 133 cm³/mol. The molecule has 1 heterocycles. The Morgan fingerprint density at radius 2 is 1.56 bits per heavy atom. The van der Waals surface area contributed by atoms with Crippen molar-refractivity contribution in [3.8, 4) is 0 Å². The standard InChI is InChI=1S/C25H41ClN2O5S/c1-16-15-27(25(30)33-24-7-5-4-6-21(24)26)23-14-19(10-13-22(23)28(16)17(2)29)18-8-11-20(12-9-18)34(3,31)32/h16,18-24H,4-15H2,1-3H3/t16-,18?,19?,20?,21?,22?,23?,24?/m0/s1. The lowest BCUT2D eigenvalue weighted by atomic mass is 9.69. The SMILES string of the molecule is CC(=O)N1C2CCC(C3CCC(S(C)(=O)=O)CC3)CC2N(C(=O)OC2CCCCC2Cl)C[C@@H]1C. The van der Waals surface area contributed by atoms with Crippen molar-refractivity contribution in [2.45, 2.75) is 119 Å². The van der Waals surface area contributed by atoms with Crippen molar-refractivity contribution in [2.75, 3.05) is 12.8 Å². The van der Waals surface area contributed by atoms with E-state index in [1.54, 1.807) is 6.92 Å². The third-order valence-electron chi connectivity index (χ3n) is 8.98. The van der Waals surface area contributed by atoms with Gasteiger partial charge in [-0.15, -0.1) is 11.6 Å². The maximum absolute atomic E-state index is 13.4. The summed E-state index contributed by atoms with van der Waals surface area (Å²) in [5, 5.41) is -0.345. The lowest BCUT2D eigenvalue weighted by Gasteiger charge is -2.54. The molecule has 0 aromatic carbocycles. The van der Waals surface area contributed by atoms with Crippen LogP contribution in [-0.2, 0) is 19.4 Å². The van der Waals surface area contributed by atoms with Crippen molar-refractivity contribution in [3.63, 3.8) is 0 Å². The summed E-state index contributed by atoms with van der Waals surface area (Å²) in [5.74, 6) is 0.984. The second-order valence-electron chi connectivity index (χ2n) is 11.2. The lowest BCUT2D eigenvalue weighted by molar-refractivity contribution is -0.143. The zero-order valence-electron chi connectivity index (χ0n) is 20.8. The molecule has 4 rings (SSSR count). The highest BCUT2D eigenvalue weighted by Crippen LogP contribution is 2.43. The molecule has 1 aliphatic heterocycles. The molecule has 0 radical (unpaired) electrons. The van der Waals surface area contributed by atoms with Crippen LogP contribution in [0.2, 0.25) is 0 Å². The summed E-state index contributed by atoms with van der Waals surface area (Å²) in [6.07, 6.45) is 10.6. The molecule has 0 bridgehead atoms. The zero-order chi connectivity index (χ0) is 24.6. The van der Waals surface area contributed by atoms with Crippen LogP contribution in [0.15, 0.2) is 0 Å². The highest BCUT2D eigenvalue weighted by atomic mass is 35.5. The third-order valence-corrected chi connectivity index (χ3v) is 11.2. The number of amides is 2. The van der Waals surface area contributed by atoms with Gasteiger partial charge < -0.3 is 14.5 Å². The van der Waals surface area contributed by atoms with Gasteiger partial charge in [0.05, 0.1) is 22.7 Å². The molecule has 0 N–H and O–H groups in total. The minimum absolute atomic E-state index is 0.00978. The fourth-order valence-corrected chi connectivity index (χ4v) is 8.67. The molecule has 4 aliphatic rings. The monoisotopic (exact) mass is 516 g/mol. The van der Waals surface area contributed by atoms with Crippen LogP contribution >= 0.6 is 11.6 Å². The molecular formula is C25H41ClN2O5S. The summed E-state index contributed by atoms with van der Waals surface area (Å²) in [5.41, 5.74) is 0. The Morgan fingerprint density at radius 1 is 0.912 bits per heavy atom. The fraction of sp³-hybridized carbons (Fsp3) is 0.920. The molecule has 5 unspecified atom stereocenters. The van der Waals surface area contributed by atoms with Gasteiger partial charge in [-0.05, 0) is 83.0 Å². The van der Waals surface area contributed by atoms with Crippen molar-refractivity contribution >= 4 is 33.4 Å². The molecule has 7 nitrogen and oxygen atoms in total. The normalized spacial score (nSPS) is 39.3. The number of rotatable bonds is 3. The summed E-state index contributed by atoms with van der Waals surface area (Å²) >= 11 is 6.47. The van der Waals surface area contributed by atoms with Crippen LogP contribution in [0, 0.1) is 11.8 Å². The summed E-state index contributed by atoms with van der Waals surface area (Å²) in [4.78, 5) is 29.8. The quantitative estimate of drug-likeness (QED) is 0.520. The highest BCUT2D eigenvalue weighted by molar-refractivity contribution is 7.91. The van der Waals surface area contributed by atoms with E-state index in [-0.39, 0.29) is 46.9 Å². The van der Waals surface area contributed by atoms with E-state index in [4.69, 9.17) is 16.3 Å². The Labute approximate surface area is 209 Å². The second-order valence-corrected chi connectivity index (χ2v) is 14.1. The van der Waals surface area contributed by atoms with Gasteiger partial charge in [-0.1, -0.05) is 6.42 Å². The van der Waals surface area contributed by atoms with Gasteiger partial charge in [0.2, 0.25) is 5.91 Å². The number of sulfone groups is 1. The number of piperazine rings is 1. The topological polar surface area (TPSA) is 84.0 Å². The minimum atomic E-state index is -2.99. The Morgan fingerprint density at radius 3 is 2.18 bits per heavy atom. The number of carbonyl (C=O) groups is 2. The van der Waals surface area contributed by atoms with Crippen LogP contribution < -0.4 is 0 Å². The number of alkyl halides is 1. The Hall–Kier alpha value is -1.02. The first-order valence-corrected chi connectivity index (χ1v) is 15.5. The van der Waals surface area contributed by atoms with E-state index in [1.165, 1.54) is 6.26 Å². The van der Waals surface area contributed by atoms with Gasteiger partial charge in [0, 0.05) is 25.8 Å². The number of fused-ring (bicyclic) bond motifs is 1. The Balaban J connectivity index is 1.48. The van der Waals surface area contributed by atoms with Crippen LogP contribution in [0.4, 0.5) is 4.79 Å². The fourth-order valence-electron chi connectivity index (χ4n) is 7.21. The molecule has 34 heavy (non-hydrogen) atoms. The van der Waals surface area contributed by atoms with Crippen molar-refractivity contribution in [1.82, 2.24) is 9.80 Å². The molecular weight excluding hydrogens is 476 g/mol. The number of hydrogen-bond donors (Lipinski definition) is 0. The molecule has 9 heteroatoms. The number of carbonyl (C=O) groups excluding carboxylic acids is 2. The lowest BCUT2D eigenvalue weighted by Crippen LogP contribution is -2.67. The minimum Gasteiger partial charge on any atom is -0.445 e. The van der Waals surface area contributed by atoms with Gasteiger partial charge in [0.25, 0.3) is 0 Å². The first-order valence-electron chi connectivity index (χ1n) is 13.1. The maximum Gasteiger partial charge on any atom is 0.410 e. The van der Waals surface area contributed by atoms with Crippen LogP contribution in [-0.4, -0.2) is 77.9 Å². The summed E-state index contributed by atoms with van der Waals surface area (Å²) in [6, 6.07) is -0.0990. The van der Waals surface area contributed by atoms with Gasteiger partial charge in [-0.2, -0.15) is 0 Å². The first-order chi connectivity index (χ1) is 16.1. The van der Waals surface area contributed by atoms with Crippen molar-refractivity contribution in [1.29, 1.82) is 0 Å². The van der Waals surface area contributed by atoms with E-state index in [0.717, 1.165) is 70.6 Å². The van der Waals surface area contributed by atoms with E-state index >= 15 is 0 Å². The van der Waals surface area contributed by atoms with Gasteiger partial charge in [-0.25, -0.2) is 13.2 Å². The molecule has 0 aromatic rings. The van der Waals surface area contributed by atoms with E-state index in [9.17, 15) is 18.0 Å². The van der Waals surface area contributed by atoms with Crippen LogP contribution in [0.1, 0.15) is 84.5 Å². The van der Waals surface area contributed by atoms with Crippen LogP contribution in [0.25, 0.3) is 0 Å². The molecule has 194 valence electrons. The summed E-state index contributed by atoms with van der Waals surface area (Å²) < 4.78 is 29.9. The second kappa shape index (κ2) is 10.5. The van der Waals surface area contributed by atoms with E-state index in [1.807, 2.05) is 16.7 Å². The molecule has 3 saturated carbocycles. The zero-order valence-corrected chi connectivity index (χ0v) is 22.4. The molecule has 2 amide bonds. The van der Waals surface area contributed by atoms with Crippen molar-refractivity contribution < 1.29 is 22.7 Å². The average molecular weight is 517 g/mol. The Bertz CT molecular complexity index is 859. The van der Waals surface area contributed by atoms with Gasteiger partial charge >= 0.3 is 6.09 Å². The maximum atomic E-state index is 13.4. The van der Waals surface area contributed by atoms with Gasteiger partial charge in [0.1, 0.15) is 15.9 Å². The summed E-state index contributed by atoms with van der Waals surface area (Å²) in [7, 11) is -2.99. The number of ether oxygens (including phenoxy) is 1. The molecule has 4 fully saturated rings. The average Bonchev–Trinajstić information content (AvgIpc) is 2.79. The van der Waals surface area contributed by atoms with Gasteiger partial charge in [-0.3, -0.25) is 4.79 Å². The van der Waals surface area contributed by atoms with Crippen LogP contribution in [0.5, 0.6) is 0 Å². The summed E-state index contributed by atoms with van der Waals surface area (Å²) in [6.45, 7) is 4.12. The molecule has 3 aliphatic carbocycles. The predicted octanol–water partition coefficient (Wildman–Crippen LogP) is 4.37.